The van der Waals surface area contributed by atoms with Gasteiger partial charge < -0.3 is 5.73 Å². The summed E-state index contributed by atoms with van der Waals surface area (Å²) >= 11 is 1.98. The summed E-state index contributed by atoms with van der Waals surface area (Å²) in [5.74, 6) is 2.10. The first-order valence-corrected chi connectivity index (χ1v) is 6.24. The summed E-state index contributed by atoms with van der Waals surface area (Å²) in [7, 11) is 0. The molecular weight excluding hydrogens is 211 g/mol. The number of anilines is 1. The smallest absolute Gasteiger partial charge is 0.125 e. The van der Waals surface area contributed by atoms with Gasteiger partial charge in [-0.25, -0.2) is 4.39 Å². The Morgan fingerprint density at radius 3 is 2.67 bits per heavy atom. The van der Waals surface area contributed by atoms with Crippen molar-refractivity contribution >= 4 is 17.4 Å². The van der Waals surface area contributed by atoms with Crippen LogP contribution in [0.5, 0.6) is 0 Å². The lowest BCUT2D eigenvalue weighted by Crippen LogP contribution is -2.31. The van der Waals surface area contributed by atoms with Gasteiger partial charge in [-0.05, 0) is 23.8 Å². The molecule has 0 saturated carbocycles. The van der Waals surface area contributed by atoms with Gasteiger partial charge in [-0.1, -0.05) is 0 Å². The molecule has 1 fully saturated rings. The highest BCUT2D eigenvalue weighted by atomic mass is 32.2. The summed E-state index contributed by atoms with van der Waals surface area (Å²) in [6.07, 6.45) is 0. The molecule has 15 heavy (non-hydrogen) atoms. The lowest BCUT2D eigenvalue weighted by atomic mass is 10.2. The molecule has 2 nitrogen and oxygen atoms in total. The van der Waals surface area contributed by atoms with Crippen LogP contribution in [0.2, 0.25) is 0 Å². The van der Waals surface area contributed by atoms with Gasteiger partial charge in [0.25, 0.3) is 0 Å². The van der Waals surface area contributed by atoms with Gasteiger partial charge in [0.1, 0.15) is 5.82 Å². The fourth-order valence-electron chi connectivity index (χ4n) is 1.78. The number of hydrogen-bond donors (Lipinski definition) is 1. The first-order chi connectivity index (χ1) is 7.24. The largest absolute Gasteiger partial charge is 0.399 e. The van der Waals surface area contributed by atoms with E-state index < -0.39 is 0 Å². The van der Waals surface area contributed by atoms with E-state index in [1.807, 2.05) is 17.8 Å². The van der Waals surface area contributed by atoms with Crippen LogP contribution in [0.15, 0.2) is 18.2 Å². The van der Waals surface area contributed by atoms with Crippen molar-refractivity contribution in [2.45, 2.75) is 6.54 Å². The standard InChI is InChI=1S/C11H15FN2S/c12-10-5-9(6-11(13)7-10)8-14-1-3-15-4-2-14/h5-7H,1-4,8,13H2. The zero-order valence-corrected chi connectivity index (χ0v) is 9.39. The molecule has 1 aliphatic heterocycles. The molecule has 1 aliphatic rings. The second kappa shape index (κ2) is 4.86. The molecule has 2 rings (SSSR count). The molecule has 0 radical (unpaired) electrons. The highest BCUT2D eigenvalue weighted by molar-refractivity contribution is 7.99. The van der Waals surface area contributed by atoms with Crippen molar-refractivity contribution in [2.24, 2.45) is 0 Å². The van der Waals surface area contributed by atoms with Gasteiger partial charge in [0.2, 0.25) is 0 Å². The molecule has 0 amide bonds. The first-order valence-electron chi connectivity index (χ1n) is 5.09. The molecule has 0 unspecified atom stereocenters. The average Bonchev–Trinajstić information content (AvgIpc) is 2.17. The second-order valence-electron chi connectivity index (χ2n) is 3.78. The van der Waals surface area contributed by atoms with Gasteiger partial charge in [0.05, 0.1) is 0 Å². The third-order valence-corrected chi connectivity index (χ3v) is 3.43. The van der Waals surface area contributed by atoms with Crippen LogP contribution in [0.1, 0.15) is 5.56 Å². The molecular formula is C11H15FN2S. The number of nitrogens with two attached hydrogens (primary N) is 1. The Morgan fingerprint density at radius 1 is 1.27 bits per heavy atom. The molecule has 82 valence electrons. The first kappa shape index (κ1) is 10.8. The Bertz CT molecular complexity index is 317. The maximum absolute atomic E-state index is 13.1. The SMILES string of the molecule is Nc1cc(F)cc(CN2CCSCC2)c1. The summed E-state index contributed by atoms with van der Waals surface area (Å²) in [5, 5.41) is 0. The minimum absolute atomic E-state index is 0.239. The van der Waals surface area contributed by atoms with Crippen molar-refractivity contribution in [1.29, 1.82) is 0 Å². The van der Waals surface area contributed by atoms with Crippen molar-refractivity contribution in [3.8, 4) is 0 Å². The minimum Gasteiger partial charge on any atom is -0.399 e. The molecule has 0 spiro atoms. The summed E-state index contributed by atoms with van der Waals surface area (Å²) in [5.41, 5.74) is 7.08. The van der Waals surface area contributed by atoms with Gasteiger partial charge in [-0.3, -0.25) is 4.90 Å². The van der Waals surface area contributed by atoms with E-state index in [0.29, 0.717) is 5.69 Å². The molecule has 0 aromatic heterocycles. The normalized spacial score (nSPS) is 17.9. The Balaban J connectivity index is 2.02. The molecule has 2 N–H and O–H groups in total. The molecule has 0 atom stereocenters. The van der Waals surface area contributed by atoms with Crippen LogP contribution in [0.4, 0.5) is 10.1 Å². The summed E-state index contributed by atoms with van der Waals surface area (Å²) in [6, 6.07) is 4.78. The van der Waals surface area contributed by atoms with E-state index in [0.717, 1.165) is 25.2 Å². The fourth-order valence-corrected chi connectivity index (χ4v) is 2.76. The lowest BCUT2D eigenvalue weighted by molar-refractivity contribution is 0.294. The predicted molar refractivity (Wildman–Crippen MR) is 63.4 cm³/mol. The van der Waals surface area contributed by atoms with Crippen molar-refractivity contribution in [3.63, 3.8) is 0 Å². The Labute approximate surface area is 93.6 Å². The molecule has 1 aromatic rings. The van der Waals surface area contributed by atoms with E-state index in [9.17, 15) is 4.39 Å². The van der Waals surface area contributed by atoms with Gasteiger partial charge >= 0.3 is 0 Å². The minimum atomic E-state index is -0.239. The Morgan fingerprint density at radius 2 is 2.00 bits per heavy atom. The quantitative estimate of drug-likeness (QED) is 0.782. The van der Waals surface area contributed by atoms with E-state index in [4.69, 9.17) is 5.73 Å². The van der Waals surface area contributed by atoms with Crippen LogP contribution in [-0.4, -0.2) is 29.5 Å². The fraction of sp³-hybridized carbons (Fsp3) is 0.455. The Kier molecular flexibility index (Phi) is 3.49. The number of nitrogens with zero attached hydrogens (tertiary/aromatic N) is 1. The van der Waals surface area contributed by atoms with E-state index in [-0.39, 0.29) is 5.82 Å². The second-order valence-corrected chi connectivity index (χ2v) is 5.01. The lowest BCUT2D eigenvalue weighted by Gasteiger charge is -2.26. The van der Waals surface area contributed by atoms with E-state index in [1.165, 1.54) is 17.6 Å². The van der Waals surface area contributed by atoms with Crippen molar-refractivity contribution in [3.05, 3.63) is 29.6 Å². The maximum Gasteiger partial charge on any atom is 0.125 e. The van der Waals surface area contributed by atoms with E-state index >= 15 is 0 Å². The molecule has 0 bridgehead atoms. The van der Waals surface area contributed by atoms with Crippen molar-refractivity contribution in [2.75, 3.05) is 30.3 Å². The number of benzene rings is 1. The monoisotopic (exact) mass is 226 g/mol. The zero-order chi connectivity index (χ0) is 10.7. The zero-order valence-electron chi connectivity index (χ0n) is 8.58. The van der Waals surface area contributed by atoms with E-state index in [2.05, 4.69) is 4.90 Å². The van der Waals surface area contributed by atoms with Gasteiger partial charge in [0.15, 0.2) is 0 Å². The van der Waals surface area contributed by atoms with Gasteiger partial charge in [-0.15, -0.1) is 0 Å². The van der Waals surface area contributed by atoms with Crippen LogP contribution in [-0.2, 0) is 6.54 Å². The van der Waals surface area contributed by atoms with Crippen LogP contribution < -0.4 is 5.73 Å². The summed E-state index contributed by atoms with van der Waals surface area (Å²) < 4.78 is 13.1. The van der Waals surface area contributed by atoms with Crippen molar-refractivity contribution < 1.29 is 4.39 Å². The van der Waals surface area contributed by atoms with Crippen LogP contribution in [0.3, 0.4) is 0 Å². The molecule has 1 saturated heterocycles. The van der Waals surface area contributed by atoms with E-state index in [1.54, 1.807) is 6.07 Å². The van der Waals surface area contributed by atoms with Gasteiger partial charge in [0, 0.05) is 36.8 Å². The molecule has 1 aromatic carbocycles. The highest BCUT2D eigenvalue weighted by Gasteiger charge is 2.11. The summed E-state index contributed by atoms with van der Waals surface area (Å²) in [6.45, 7) is 2.98. The predicted octanol–water partition coefficient (Wildman–Crippen LogP) is 1.96. The van der Waals surface area contributed by atoms with Gasteiger partial charge in [-0.2, -0.15) is 11.8 Å². The topological polar surface area (TPSA) is 29.3 Å². The third kappa shape index (κ3) is 3.11. The number of hydrogen-bond acceptors (Lipinski definition) is 3. The Hall–Kier alpha value is -0.740. The van der Waals surface area contributed by atoms with Crippen LogP contribution in [0.25, 0.3) is 0 Å². The number of rotatable bonds is 2. The number of thioether (sulfide) groups is 1. The maximum atomic E-state index is 13.1. The highest BCUT2D eigenvalue weighted by Crippen LogP contribution is 2.16. The molecule has 4 heteroatoms. The van der Waals surface area contributed by atoms with Crippen molar-refractivity contribution in [1.82, 2.24) is 4.90 Å². The average molecular weight is 226 g/mol. The number of halogens is 1. The molecule has 0 aliphatic carbocycles. The third-order valence-electron chi connectivity index (χ3n) is 2.49. The van der Waals surface area contributed by atoms with Crippen LogP contribution >= 0.6 is 11.8 Å². The summed E-state index contributed by atoms with van der Waals surface area (Å²) in [4.78, 5) is 2.34. The number of nitrogen functional groups attached to an aromatic ring is 1. The van der Waals surface area contributed by atoms with Crippen LogP contribution in [0, 0.1) is 5.82 Å². The molecule has 1 heterocycles.